The number of ether oxygens (including phenoxy) is 1. The molecular formula is C10H8NO. The second-order valence-electron chi connectivity index (χ2n) is 2.47. The summed E-state index contributed by atoms with van der Waals surface area (Å²) in [6, 6.07) is 10.9. The van der Waals surface area contributed by atoms with Gasteiger partial charge in [-0.05, 0) is 6.07 Å². The van der Waals surface area contributed by atoms with Gasteiger partial charge in [0.15, 0.2) is 0 Å². The number of pyridine rings is 1. The van der Waals surface area contributed by atoms with Gasteiger partial charge in [-0.2, -0.15) is 0 Å². The van der Waals surface area contributed by atoms with Gasteiger partial charge >= 0.3 is 0 Å². The van der Waals surface area contributed by atoms with Gasteiger partial charge < -0.3 is 4.74 Å². The van der Waals surface area contributed by atoms with E-state index in [1.165, 1.54) is 0 Å². The molecule has 2 heteroatoms. The van der Waals surface area contributed by atoms with E-state index in [2.05, 4.69) is 11.1 Å². The number of para-hydroxylation sites is 1. The summed E-state index contributed by atoms with van der Waals surface area (Å²) in [7, 11) is 1.61. The lowest BCUT2D eigenvalue weighted by Crippen LogP contribution is -1.85. The molecule has 0 bridgehead atoms. The van der Waals surface area contributed by atoms with E-state index < -0.39 is 0 Å². The maximum absolute atomic E-state index is 5.00. The van der Waals surface area contributed by atoms with Crippen molar-refractivity contribution >= 4 is 10.9 Å². The van der Waals surface area contributed by atoms with Crippen LogP contribution in [0.15, 0.2) is 30.5 Å². The Morgan fingerprint density at radius 3 is 3.00 bits per heavy atom. The molecule has 0 aliphatic carbocycles. The molecular weight excluding hydrogens is 150 g/mol. The van der Waals surface area contributed by atoms with Gasteiger partial charge in [-0.1, -0.05) is 18.2 Å². The van der Waals surface area contributed by atoms with Crippen LogP contribution >= 0.6 is 0 Å². The highest BCUT2D eigenvalue weighted by atomic mass is 16.5. The SMILES string of the molecule is COc1[c]c2ccccc2nc1. The van der Waals surface area contributed by atoms with Gasteiger partial charge in [0.1, 0.15) is 5.75 Å². The zero-order valence-corrected chi connectivity index (χ0v) is 6.74. The summed E-state index contributed by atoms with van der Waals surface area (Å²) in [4.78, 5) is 4.20. The standard InChI is InChI=1S/C10H8NO/c1-12-9-6-8-4-2-3-5-10(8)11-7-9/h2-5,7H,1H3. The first-order valence-corrected chi connectivity index (χ1v) is 3.71. The van der Waals surface area contributed by atoms with Crippen molar-refractivity contribution in [2.75, 3.05) is 7.11 Å². The first-order valence-electron chi connectivity index (χ1n) is 3.71. The maximum Gasteiger partial charge on any atom is 0.145 e. The molecule has 1 aromatic carbocycles. The molecule has 0 aliphatic heterocycles. The van der Waals surface area contributed by atoms with Crippen LogP contribution in [-0.2, 0) is 0 Å². The Kier molecular flexibility index (Phi) is 1.67. The lowest BCUT2D eigenvalue weighted by atomic mass is 10.2. The second kappa shape index (κ2) is 2.81. The van der Waals surface area contributed by atoms with Gasteiger partial charge in [0, 0.05) is 11.5 Å². The summed E-state index contributed by atoms with van der Waals surface area (Å²) in [5.41, 5.74) is 0.943. The Labute approximate surface area is 70.8 Å². The molecule has 0 amide bonds. The molecule has 0 saturated heterocycles. The number of fused-ring (bicyclic) bond motifs is 1. The van der Waals surface area contributed by atoms with E-state index in [-0.39, 0.29) is 0 Å². The first kappa shape index (κ1) is 7.10. The van der Waals surface area contributed by atoms with Gasteiger partial charge in [-0.25, -0.2) is 0 Å². The summed E-state index contributed by atoms with van der Waals surface area (Å²) in [5, 5.41) is 0.983. The van der Waals surface area contributed by atoms with Crippen LogP contribution in [0.5, 0.6) is 5.75 Å². The molecule has 0 spiro atoms. The zero-order chi connectivity index (χ0) is 8.39. The summed E-state index contributed by atoms with van der Waals surface area (Å²) in [5.74, 6) is 0.675. The minimum Gasteiger partial charge on any atom is -0.494 e. The van der Waals surface area contributed by atoms with Gasteiger partial charge in [0.25, 0.3) is 0 Å². The molecule has 0 unspecified atom stereocenters. The van der Waals surface area contributed by atoms with E-state index in [9.17, 15) is 0 Å². The van der Waals surface area contributed by atoms with E-state index in [1.807, 2.05) is 24.3 Å². The summed E-state index contributed by atoms with van der Waals surface area (Å²) in [6.07, 6.45) is 1.67. The Bertz CT molecular complexity index is 398. The van der Waals surface area contributed by atoms with Crippen LogP contribution in [0.1, 0.15) is 0 Å². The minimum absolute atomic E-state index is 0.675. The fourth-order valence-corrected chi connectivity index (χ4v) is 1.09. The van der Waals surface area contributed by atoms with Crippen molar-refractivity contribution in [1.29, 1.82) is 0 Å². The van der Waals surface area contributed by atoms with Crippen molar-refractivity contribution in [3.63, 3.8) is 0 Å². The van der Waals surface area contributed by atoms with E-state index in [0.717, 1.165) is 10.9 Å². The van der Waals surface area contributed by atoms with Crippen LogP contribution in [0.3, 0.4) is 0 Å². The molecule has 0 atom stereocenters. The predicted molar refractivity (Wildman–Crippen MR) is 47.1 cm³/mol. The molecule has 12 heavy (non-hydrogen) atoms. The number of nitrogens with zero attached hydrogens (tertiary/aromatic N) is 1. The molecule has 59 valence electrons. The smallest absolute Gasteiger partial charge is 0.145 e. The molecule has 0 saturated carbocycles. The quantitative estimate of drug-likeness (QED) is 0.633. The second-order valence-corrected chi connectivity index (χ2v) is 2.47. The molecule has 0 N–H and O–H groups in total. The number of hydrogen-bond acceptors (Lipinski definition) is 2. The fraction of sp³-hybridized carbons (Fsp3) is 0.100. The van der Waals surface area contributed by atoms with Crippen LogP contribution in [0.2, 0.25) is 0 Å². The highest BCUT2D eigenvalue weighted by molar-refractivity contribution is 5.78. The number of benzene rings is 1. The van der Waals surface area contributed by atoms with Crippen LogP contribution < -0.4 is 4.74 Å². The van der Waals surface area contributed by atoms with Crippen LogP contribution in [0.4, 0.5) is 0 Å². The Hall–Kier alpha value is -1.57. The third-order valence-corrected chi connectivity index (χ3v) is 1.70. The highest BCUT2D eigenvalue weighted by Crippen LogP contribution is 2.15. The molecule has 2 nitrogen and oxygen atoms in total. The minimum atomic E-state index is 0.675. The van der Waals surface area contributed by atoms with Crippen molar-refractivity contribution < 1.29 is 4.74 Å². The highest BCUT2D eigenvalue weighted by Gasteiger charge is 1.95. The summed E-state index contributed by atoms with van der Waals surface area (Å²) < 4.78 is 5.00. The maximum atomic E-state index is 5.00. The Morgan fingerprint density at radius 1 is 1.33 bits per heavy atom. The number of hydrogen-bond donors (Lipinski definition) is 0. The normalized spacial score (nSPS) is 10.1. The first-order chi connectivity index (χ1) is 5.90. The summed E-state index contributed by atoms with van der Waals surface area (Å²) >= 11 is 0. The third-order valence-electron chi connectivity index (χ3n) is 1.70. The number of rotatable bonds is 1. The average molecular weight is 158 g/mol. The molecule has 1 heterocycles. The average Bonchev–Trinajstić information content (AvgIpc) is 2.17. The zero-order valence-electron chi connectivity index (χ0n) is 6.74. The number of methoxy groups -OCH3 is 1. The molecule has 2 aromatic rings. The van der Waals surface area contributed by atoms with E-state index in [4.69, 9.17) is 4.74 Å². The van der Waals surface area contributed by atoms with Gasteiger partial charge in [0.2, 0.25) is 0 Å². The Morgan fingerprint density at radius 2 is 2.17 bits per heavy atom. The summed E-state index contributed by atoms with van der Waals surface area (Å²) in [6.45, 7) is 0. The van der Waals surface area contributed by atoms with Gasteiger partial charge in [-0.3, -0.25) is 4.98 Å². The van der Waals surface area contributed by atoms with Gasteiger partial charge in [-0.15, -0.1) is 0 Å². The van der Waals surface area contributed by atoms with Crippen LogP contribution in [0, 0.1) is 6.07 Å². The third kappa shape index (κ3) is 1.11. The lowest BCUT2D eigenvalue weighted by Gasteiger charge is -1.99. The molecule has 0 fully saturated rings. The van der Waals surface area contributed by atoms with Crippen LogP contribution in [-0.4, -0.2) is 12.1 Å². The topological polar surface area (TPSA) is 22.1 Å². The molecule has 1 radical (unpaired) electrons. The fourth-order valence-electron chi connectivity index (χ4n) is 1.09. The molecule has 0 aliphatic rings. The monoisotopic (exact) mass is 158 g/mol. The van der Waals surface area contributed by atoms with Crippen molar-refractivity contribution in [2.45, 2.75) is 0 Å². The largest absolute Gasteiger partial charge is 0.494 e. The van der Waals surface area contributed by atoms with E-state index >= 15 is 0 Å². The molecule has 1 aromatic heterocycles. The van der Waals surface area contributed by atoms with Crippen molar-refractivity contribution in [1.82, 2.24) is 4.98 Å². The van der Waals surface area contributed by atoms with E-state index in [0.29, 0.717) is 5.75 Å². The van der Waals surface area contributed by atoms with E-state index in [1.54, 1.807) is 13.3 Å². The Balaban J connectivity index is 2.67. The van der Waals surface area contributed by atoms with Gasteiger partial charge in [0.05, 0.1) is 18.8 Å². The predicted octanol–water partition coefficient (Wildman–Crippen LogP) is 2.04. The van der Waals surface area contributed by atoms with Crippen molar-refractivity contribution in [2.24, 2.45) is 0 Å². The molecule has 2 rings (SSSR count). The number of aromatic nitrogens is 1. The lowest BCUT2D eigenvalue weighted by molar-refractivity contribution is 0.413. The van der Waals surface area contributed by atoms with Crippen LogP contribution in [0.25, 0.3) is 10.9 Å². The van der Waals surface area contributed by atoms with Crippen molar-refractivity contribution in [3.8, 4) is 5.75 Å². The van der Waals surface area contributed by atoms with Crippen molar-refractivity contribution in [3.05, 3.63) is 36.5 Å².